The van der Waals surface area contributed by atoms with Crippen LogP contribution in [-0.4, -0.2) is 43.4 Å². The van der Waals surface area contributed by atoms with Crippen LogP contribution in [0.4, 0.5) is 5.69 Å². The van der Waals surface area contributed by atoms with Crippen LogP contribution < -0.4 is 5.32 Å². The number of esters is 1. The van der Waals surface area contributed by atoms with Crippen LogP contribution in [0.3, 0.4) is 0 Å². The Morgan fingerprint density at radius 2 is 1.95 bits per heavy atom. The number of anilines is 1. The Labute approximate surface area is 121 Å². The van der Waals surface area contributed by atoms with Gasteiger partial charge in [-0.25, -0.2) is 4.79 Å². The number of halogens is 1. The maximum absolute atomic E-state index is 11.8. The van der Waals surface area contributed by atoms with Crippen molar-refractivity contribution < 1.29 is 19.1 Å². The van der Waals surface area contributed by atoms with E-state index in [4.69, 9.17) is 11.6 Å². The van der Waals surface area contributed by atoms with Crippen molar-refractivity contribution in [1.29, 1.82) is 0 Å². The third-order valence-electron chi connectivity index (χ3n) is 2.32. The van der Waals surface area contributed by atoms with Crippen LogP contribution in [0.5, 0.6) is 0 Å². The van der Waals surface area contributed by atoms with Gasteiger partial charge in [0.1, 0.15) is 0 Å². The summed E-state index contributed by atoms with van der Waals surface area (Å²) in [6, 6.07) is 4.36. The molecule has 0 saturated heterocycles. The second-order valence-corrected chi connectivity index (χ2v) is 4.48. The lowest BCUT2D eigenvalue weighted by Gasteiger charge is -2.12. The number of carbonyl (C=O) groups excluding carboxylic acids is 3. The first kappa shape index (κ1) is 16.0. The van der Waals surface area contributed by atoms with E-state index in [2.05, 4.69) is 10.1 Å². The van der Waals surface area contributed by atoms with Gasteiger partial charge >= 0.3 is 11.9 Å². The van der Waals surface area contributed by atoms with Gasteiger partial charge < -0.3 is 15.0 Å². The van der Waals surface area contributed by atoms with Gasteiger partial charge in [-0.1, -0.05) is 11.6 Å². The highest BCUT2D eigenvalue weighted by Gasteiger charge is 2.17. The third-order valence-corrected chi connectivity index (χ3v) is 2.64. The first-order valence-electron chi connectivity index (χ1n) is 5.86. The van der Waals surface area contributed by atoms with E-state index in [0.29, 0.717) is 11.3 Å². The van der Waals surface area contributed by atoms with Gasteiger partial charge in [-0.05, 0) is 25.1 Å². The molecule has 0 heterocycles. The molecule has 1 aromatic carbocycles. The molecule has 1 aromatic rings. The molecule has 0 fully saturated rings. The molecule has 0 bridgehead atoms. The third kappa shape index (κ3) is 3.96. The second-order valence-electron chi connectivity index (χ2n) is 4.07. The van der Waals surface area contributed by atoms with Crippen LogP contribution in [0.25, 0.3) is 0 Å². The molecule has 2 amide bonds. The van der Waals surface area contributed by atoms with Crippen molar-refractivity contribution in [3.05, 3.63) is 28.8 Å². The van der Waals surface area contributed by atoms with E-state index >= 15 is 0 Å². The maximum Gasteiger partial charge on any atom is 0.397 e. The van der Waals surface area contributed by atoms with Gasteiger partial charge in [0.15, 0.2) is 0 Å². The number of ether oxygens (including phenoxy) is 1. The number of amides is 2. The van der Waals surface area contributed by atoms with E-state index < -0.39 is 11.9 Å². The molecule has 1 N–H and O–H groups in total. The minimum Gasteiger partial charge on any atom is -0.459 e. The van der Waals surface area contributed by atoms with Crippen LogP contribution in [0, 0.1) is 0 Å². The Morgan fingerprint density at radius 1 is 1.30 bits per heavy atom. The zero-order valence-corrected chi connectivity index (χ0v) is 12.2. The number of nitrogens with one attached hydrogen (secondary N) is 1. The number of carbonyl (C=O) groups is 3. The molecule has 0 saturated carbocycles. The molecule has 0 unspecified atom stereocenters. The van der Waals surface area contributed by atoms with Crippen molar-refractivity contribution in [3.63, 3.8) is 0 Å². The minimum atomic E-state index is -0.975. The zero-order chi connectivity index (χ0) is 15.3. The lowest BCUT2D eigenvalue weighted by molar-refractivity contribution is -0.152. The van der Waals surface area contributed by atoms with Gasteiger partial charge in [0.25, 0.3) is 5.91 Å². The Morgan fingerprint density at radius 3 is 2.45 bits per heavy atom. The fourth-order valence-corrected chi connectivity index (χ4v) is 1.65. The number of hydrogen-bond acceptors (Lipinski definition) is 4. The highest BCUT2D eigenvalue weighted by atomic mass is 35.5. The maximum atomic E-state index is 11.8. The largest absolute Gasteiger partial charge is 0.459 e. The molecular weight excluding hydrogens is 284 g/mol. The number of hydrogen-bond donors (Lipinski definition) is 1. The molecule has 0 spiro atoms. The van der Waals surface area contributed by atoms with Gasteiger partial charge in [0.05, 0.1) is 17.2 Å². The molecule has 0 atom stereocenters. The minimum absolute atomic E-state index is 0.114. The van der Waals surface area contributed by atoms with E-state index in [-0.39, 0.29) is 17.5 Å². The van der Waals surface area contributed by atoms with Crippen molar-refractivity contribution in [1.82, 2.24) is 4.90 Å². The predicted octanol–water partition coefficient (Wildman–Crippen LogP) is 1.54. The first-order valence-corrected chi connectivity index (χ1v) is 6.24. The van der Waals surface area contributed by atoms with Crippen molar-refractivity contribution in [2.75, 3.05) is 26.0 Å². The standard InChI is InChI=1S/C13H15ClN2O4/c1-4-20-13(19)11(17)15-8-5-6-9(10(14)7-8)12(18)16(2)3/h5-7H,4H2,1-3H3,(H,15,17). The summed E-state index contributed by atoms with van der Waals surface area (Å²) in [6.45, 7) is 1.72. The molecule has 6 nitrogen and oxygen atoms in total. The Bertz CT molecular complexity index is 543. The highest BCUT2D eigenvalue weighted by Crippen LogP contribution is 2.22. The Kier molecular flexibility index (Phi) is 5.52. The summed E-state index contributed by atoms with van der Waals surface area (Å²) in [5.41, 5.74) is 0.620. The fraction of sp³-hybridized carbons (Fsp3) is 0.308. The monoisotopic (exact) mass is 298 g/mol. The highest BCUT2D eigenvalue weighted by molar-refractivity contribution is 6.38. The Hall–Kier alpha value is -2.08. The van der Waals surface area contributed by atoms with Gasteiger partial charge in [-0.2, -0.15) is 0 Å². The second kappa shape index (κ2) is 6.91. The molecule has 1 rings (SSSR count). The van der Waals surface area contributed by atoms with E-state index in [0.717, 1.165) is 0 Å². The molecule has 7 heteroatoms. The Balaban J connectivity index is 2.85. The number of benzene rings is 1. The topological polar surface area (TPSA) is 75.7 Å². The van der Waals surface area contributed by atoms with Gasteiger partial charge in [-0.3, -0.25) is 9.59 Å². The molecule has 0 aliphatic heterocycles. The predicted molar refractivity (Wildman–Crippen MR) is 74.7 cm³/mol. The summed E-state index contributed by atoms with van der Waals surface area (Å²) in [6.07, 6.45) is 0. The lowest BCUT2D eigenvalue weighted by atomic mass is 10.2. The zero-order valence-electron chi connectivity index (χ0n) is 11.4. The van der Waals surface area contributed by atoms with Crippen LogP contribution in [-0.2, 0) is 14.3 Å². The molecule has 0 radical (unpaired) electrons. The summed E-state index contributed by atoms with van der Waals surface area (Å²) < 4.78 is 4.55. The molecule has 0 aliphatic rings. The normalized spacial score (nSPS) is 9.80. The summed E-state index contributed by atoms with van der Waals surface area (Å²) in [5.74, 6) is -2.12. The number of nitrogens with zero attached hydrogens (tertiary/aromatic N) is 1. The van der Waals surface area contributed by atoms with Crippen molar-refractivity contribution >= 4 is 35.1 Å². The van der Waals surface area contributed by atoms with Gasteiger partial charge in [0, 0.05) is 19.8 Å². The van der Waals surface area contributed by atoms with Gasteiger partial charge in [0.2, 0.25) is 0 Å². The van der Waals surface area contributed by atoms with E-state index in [1.54, 1.807) is 21.0 Å². The van der Waals surface area contributed by atoms with Crippen LogP contribution >= 0.6 is 11.6 Å². The molecule has 20 heavy (non-hydrogen) atoms. The quantitative estimate of drug-likeness (QED) is 0.678. The fourth-order valence-electron chi connectivity index (χ4n) is 1.39. The van der Waals surface area contributed by atoms with Crippen molar-refractivity contribution in [2.45, 2.75) is 6.92 Å². The summed E-state index contributed by atoms with van der Waals surface area (Å²) in [4.78, 5) is 35.8. The van der Waals surface area contributed by atoms with Crippen molar-refractivity contribution in [2.24, 2.45) is 0 Å². The van der Waals surface area contributed by atoms with Crippen LogP contribution in [0.1, 0.15) is 17.3 Å². The average Bonchev–Trinajstić information content (AvgIpc) is 2.38. The van der Waals surface area contributed by atoms with Crippen LogP contribution in [0.15, 0.2) is 18.2 Å². The van der Waals surface area contributed by atoms with E-state index in [1.165, 1.54) is 23.1 Å². The van der Waals surface area contributed by atoms with Crippen molar-refractivity contribution in [3.8, 4) is 0 Å². The van der Waals surface area contributed by atoms with Crippen LogP contribution in [0.2, 0.25) is 5.02 Å². The molecule has 108 valence electrons. The molecule has 0 aromatic heterocycles. The van der Waals surface area contributed by atoms with Gasteiger partial charge in [-0.15, -0.1) is 0 Å². The average molecular weight is 299 g/mol. The summed E-state index contributed by atoms with van der Waals surface area (Å²) in [5, 5.41) is 2.53. The SMILES string of the molecule is CCOC(=O)C(=O)Nc1ccc(C(=O)N(C)C)c(Cl)c1. The summed E-state index contributed by atoms with van der Waals surface area (Å²) in [7, 11) is 3.21. The molecule has 0 aliphatic carbocycles. The smallest absolute Gasteiger partial charge is 0.397 e. The summed E-state index contributed by atoms with van der Waals surface area (Å²) >= 11 is 5.98. The van der Waals surface area contributed by atoms with E-state index in [1.807, 2.05) is 0 Å². The van der Waals surface area contributed by atoms with E-state index in [9.17, 15) is 14.4 Å². The first-order chi connectivity index (χ1) is 9.36. The molecular formula is C13H15ClN2O4. The lowest BCUT2D eigenvalue weighted by Crippen LogP contribution is -2.25. The number of rotatable bonds is 3.